The number of benzene rings is 3. The average molecular weight is 572 g/mol. The third kappa shape index (κ3) is 4.72. The molecule has 0 radical (unpaired) electrons. The SMILES string of the molecule is Oc1cc(-c2ccc3c(N4CC5CCC(C4)N5)nc(OC4(CN5CCCCC5)CC4)nc3c2F)c2cc(F)ccc2c1. The lowest BCUT2D eigenvalue weighted by atomic mass is 9.96. The second-order valence-electron chi connectivity index (χ2n) is 12.7. The quantitative estimate of drug-likeness (QED) is 0.304. The summed E-state index contributed by atoms with van der Waals surface area (Å²) in [6.45, 7) is 4.58. The molecule has 4 fully saturated rings. The predicted octanol–water partition coefficient (Wildman–Crippen LogP) is 5.77. The number of halogens is 2. The first-order valence-electron chi connectivity index (χ1n) is 15.3. The highest BCUT2D eigenvalue weighted by atomic mass is 19.1. The molecule has 3 aliphatic heterocycles. The molecule has 3 saturated heterocycles. The Kier molecular flexibility index (Phi) is 6.23. The Morgan fingerprint density at radius 1 is 0.905 bits per heavy atom. The number of aromatic nitrogens is 2. The van der Waals surface area contributed by atoms with E-state index >= 15 is 4.39 Å². The third-order valence-corrected chi connectivity index (χ3v) is 9.55. The van der Waals surface area contributed by atoms with Gasteiger partial charge in [0.25, 0.3) is 0 Å². The van der Waals surface area contributed by atoms with Crippen molar-refractivity contribution in [2.75, 3.05) is 37.6 Å². The van der Waals surface area contributed by atoms with Crippen molar-refractivity contribution in [3.8, 4) is 22.9 Å². The van der Waals surface area contributed by atoms with E-state index in [1.165, 1.54) is 37.5 Å². The van der Waals surface area contributed by atoms with Gasteiger partial charge in [0.1, 0.15) is 28.5 Å². The van der Waals surface area contributed by atoms with E-state index in [1.54, 1.807) is 18.2 Å². The molecule has 4 heterocycles. The molecule has 2 unspecified atom stereocenters. The molecule has 1 aliphatic carbocycles. The van der Waals surface area contributed by atoms with Gasteiger partial charge in [-0.15, -0.1) is 0 Å². The van der Waals surface area contributed by atoms with Gasteiger partial charge in [0, 0.05) is 42.7 Å². The highest BCUT2D eigenvalue weighted by Crippen LogP contribution is 2.43. The molecule has 1 aromatic heterocycles. The molecule has 3 aromatic carbocycles. The molecule has 9 heteroatoms. The Morgan fingerprint density at radius 2 is 1.69 bits per heavy atom. The minimum Gasteiger partial charge on any atom is -0.508 e. The molecule has 2 N–H and O–H groups in total. The van der Waals surface area contributed by atoms with Gasteiger partial charge in [0.05, 0.1) is 0 Å². The fraction of sp³-hybridized carbons (Fsp3) is 0.455. The summed E-state index contributed by atoms with van der Waals surface area (Å²) in [6, 6.07) is 11.9. The number of likely N-dealkylation sites (tertiary alicyclic amines) is 1. The van der Waals surface area contributed by atoms with Crippen molar-refractivity contribution in [1.29, 1.82) is 0 Å². The van der Waals surface area contributed by atoms with Crippen LogP contribution in [0.2, 0.25) is 0 Å². The Hall–Kier alpha value is -3.56. The van der Waals surface area contributed by atoms with Crippen molar-refractivity contribution in [2.45, 2.75) is 62.6 Å². The number of anilines is 1. The summed E-state index contributed by atoms with van der Waals surface area (Å²) < 4.78 is 37.5. The number of piperidine rings is 1. The van der Waals surface area contributed by atoms with Crippen molar-refractivity contribution in [3.05, 3.63) is 54.1 Å². The van der Waals surface area contributed by atoms with Crippen LogP contribution < -0.4 is 15.0 Å². The number of ether oxygens (including phenoxy) is 1. The van der Waals surface area contributed by atoms with Crippen LogP contribution in [-0.2, 0) is 0 Å². The van der Waals surface area contributed by atoms with E-state index in [0.29, 0.717) is 39.6 Å². The zero-order valence-corrected chi connectivity index (χ0v) is 23.6. The average Bonchev–Trinajstić information content (AvgIpc) is 3.65. The Bertz CT molecular complexity index is 1670. The Morgan fingerprint density at radius 3 is 2.45 bits per heavy atom. The standard InChI is InChI=1S/C33H35F2N5O2/c34-21-5-4-20-14-24(41)16-28(27(20)15-21)25-8-9-26-30(29(25)35)37-32(38-31(26)40-17-22-6-7-23(18-40)36-22)42-33(10-11-33)19-39-12-2-1-3-13-39/h4-5,8-9,14-16,22-23,36,41H,1-3,6-7,10-13,17-19H2. The van der Waals surface area contributed by atoms with Crippen molar-refractivity contribution in [2.24, 2.45) is 0 Å². The highest BCUT2D eigenvalue weighted by Gasteiger charge is 2.48. The van der Waals surface area contributed by atoms with Gasteiger partial charge in [-0.1, -0.05) is 18.6 Å². The number of nitrogens with zero attached hydrogens (tertiary/aromatic N) is 4. The van der Waals surface area contributed by atoms with E-state index in [0.717, 1.165) is 58.4 Å². The number of piperazine rings is 1. The van der Waals surface area contributed by atoms with E-state index in [2.05, 4.69) is 15.1 Å². The number of hydrogen-bond donors (Lipinski definition) is 2. The van der Waals surface area contributed by atoms with Gasteiger partial charge in [-0.05, 0) is 98.3 Å². The lowest BCUT2D eigenvalue weighted by Gasteiger charge is -2.34. The predicted molar refractivity (Wildman–Crippen MR) is 159 cm³/mol. The molecular weight excluding hydrogens is 536 g/mol. The van der Waals surface area contributed by atoms with Crippen LogP contribution in [0.25, 0.3) is 32.8 Å². The molecule has 2 bridgehead atoms. The summed E-state index contributed by atoms with van der Waals surface area (Å²) in [5.41, 5.74) is 0.507. The maximum absolute atomic E-state index is 16.7. The molecule has 1 saturated carbocycles. The van der Waals surface area contributed by atoms with E-state index in [9.17, 15) is 9.50 Å². The van der Waals surface area contributed by atoms with Crippen LogP contribution in [0.3, 0.4) is 0 Å². The summed E-state index contributed by atoms with van der Waals surface area (Å²) in [5.74, 6) is -0.274. The first kappa shape index (κ1) is 26.1. The number of rotatable bonds is 6. The zero-order chi connectivity index (χ0) is 28.4. The minimum absolute atomic E-state index is 0.0133. The number of aromatic hydroxyl groups is 1. The summed E-state index contributed by atoms with van der Waals surface area (Å²) >= 11 is 0. The maximum Gasteiger partial charge on any atom is 0.319 e. The van der Waals surface area contributed by atoms with Gasteiger partial charge < -0.3 is 20.1 Å². The molecule has 4 aliphatic rings. The molecule has 7 nitrogen and oxygen atoms in total. The molecule has 0 spiro atoms. The maximum atomic E-state index is 16.7. The lowest BCUT2D eigenvalue weighted by Crippen LogP contribution is -2.51. The second-order valence-corrected chi connectivity index (χ2v) is 12.7. The molecule has 42 heavy (non-hydrogen) atoms. The molecule has 4 aromatic rings. The monoisotopic (exact) mass is 571 g/mol. The van der Waals surface area contributed by atoms with Crippen LogP contribution >= 0.6 is 0 Å². The first-order valence-corrected chi connectivity index (χ1v) is 15.3. The lowest BCUT2D eigenvalue weighted by molar-refractivity contribution is 0.0933. The molecule has 2 atom stereocenters. The first-order chi connectivity index (χ1) is 20.4. The fourth-order valence-electron chi connectivity index (χ4n) is 7.28. The minimum atomic E-state index is -0.531. The van der Waals surface area contributed by atoms with Gasteiger partial charge in [-0.2, -0.15) is 9.97 Å². The van der Waals surface area contributed by atoms with Crippen LogP contribution in [0.4, 0.5) is 14.6 Å². The molecule has 0 amide bonds. The summed E-state index contributed by atoms with van der Waals surface area (Å²) in [6.07, 6.45) is 7.79. The van der Waals surface area contributed by atoms with Gasteiger partial charge in [0.15, 0.2) is 5.82 Å². The number of phenols is 1. The topological polar surface area (TPSA) is 73.8 Å². The fourth-order valence-corrected chi connectivity index (χ4v) is 7.28. The van der Waals surface area contributed by atoms with Crippen LogP contribution in [0, 0.1) is 11.6 Å². The molecule has 218 valence electrons. The summed E-state index contributed by atoms with van der Waals surface area (Å²) in [4.78, 5) is 14.4. The van der Waals surface area contributed by atoms with Crippen LogP contribution in [-0.4, -0.2) is 70.4 Å². The third-order valence-electron chi connectivity index (χ3n) is 9.55. The van der Waals surface area contributed by atoms with E-state index in [4.69, 9.17) is 14.7 Å². The number of fused-ring (bicyclic) bond motifs is 4. The number of phenolic OH excluding ortho intramolecular Hbond substituents is 1. The zero-order valence-electron chi connectivity index (χ0n) is 23.6. The van der Waals surface area contributed by atoms with Gasteiger partial charge in [0.2, 0.25) is 0 Å². The second kappa shape index (κ2) is 10.0. The largest absolute Gasteiger partial charge is 0.508 e. The molecular formula is C33H35F2N5O2. The van der Waals surface area contributed by atoms with E-state index < -0.39 is 11.6 Å². The summed E-state index contributed by atoms with van der Waals surface area (Å²) in [7, 11) is 0. The van der Waals surface area contributed by atoms with Gasteiger partial charge >= 0.3 is 6.01 Å². The van der Waals surface area contributed by atoms with Crippen molar-refractivity contribution < 1.29 is 18.6 Å². The Balaban J connectivity index is 1.24. The summed E-state index contributed by atoms with van der Waals surface area (Å²) in [5, 5.41) is 15.9. The molecule has 8 rings (SSSR count). The highest BCUT2D eigenvalue weighted by molar-refractivity contribution is 6.01. The van der Waals surface area contributed by atoms with Crippen LogP contribution in [0.1, 0.15) is 44.9 Å². The number of hydrogen-bond acceptors (Lipinski definition) is 7. The van der Waals surface area contributed by atoms with Gasteiger partial charge in [-0.25, -0.2) is 8.78 Å². The van der Waals surface area contributed by atoms with Crippen LogP contribution in [0.5, 0.6) is 11.8 Å². The van der Waals surface area contributed by atoms with Crippen molar-refractivity contribution >= 4 is 27.5 Å². The number of nitrogens with one attached hydrogen (secondary N) is 1. The van der Waals surface area contributed by atoms with Gasteiger partial charge in [-0.3, -0.25) is 4.90 Å². The Labute approximate surface area is 243 Å². The van der Waals surface area contributed by atoms with Crippen molar-refractivity contribution in [1.82, 2.24) is 20.2 Å². The normalized spacial score (nSPS) is 23.5. The van der Waals surface area contributed by atoms with E-state index in [1.807, 2.05) is 6.07 Å². The van der Waals surface area contributed by atoms with E-state index in [-0.39, 0.29) is 28.4 Å². The van der Waals surface area contributed by atoms with Crippen molar-refractivity contribution in [3.63, 3.8) is 0 Å². The smallest absolute Gasteiger partial charge is 0.319 e. The van der Waals surface area contributed by atoms with Crippen LogP contribution in [0.15, 0.2) is 42.5 Å².